The SMILES string of the molecule is CN1CCN(Cc2ccc(C#N)c(F)c2)C[C@H]1c1nc(C2CC2)no1. The highest BCUT2D eigenvalue weighted by molar-refractivity contribution is 5.33. The Bertz CT molecular complexity index is 810. The second kappa shape index (κ2) is 6.54. The molecule has 2 aliphatic rings. The Kier molecular flexibility index (Phi) is 4.24. The molecule has 1 aliphatic carbocycles. The van der Waals surface area contributed by atoms with E-state index in [1.165, 1.54) is 12.1 Å². The van der Waals surface area contributed by atoms with Crippen molar-refractivity contribution < 1.29 is 8.91 Å². The maximum atomic E-state index is 13.8. The van der Waals surface area contributed by atoms with E-state index in [9.17, 15) is 4.39 Å². The summed E-state index contributed by atoms with van der Waals surface area (Å²) in [5, 5.41) is 13.0. The fourth-order valence-electron chi connectivity index (χ4n) is 3.24. The first-order valence-corrected chi connectivity index (χ1v) is 8.58. The molecule has 0 N–H and O–H groups in total. The van der Waals surface area contributed by atoms with Gasteiger partial charge < -0.3 is 4.52 Å². The summed E-state index contributed by atoms with van der Waals surface area (Å²) in [5.41, 5.74) is 0.947. The zero-order chi connectivity index (χ0) is 17.4. The molecule has 0 spiro atoms. The number of hydrogen-bond acceptors (Lipinski definition) is 6. The van der Waals surface area contributed by atoms with E-state index in [1.807, 2.05) is 12.1 Å². The molecule has 0 radical (unpaired) electrons. The van der Waals surface area contributed by atoms with Crippen LogP contribution in [0.2, 0.25) is 0 Å². The third kappa shape index (κ3) is 3.41. The second-order valence-corrected chi connectivity index (χ2v) is 6.92. The summed E-state index contributed by atoms with van der Waals surface area (Å²) in [6.45, 7) is 3.16. The van der Waals surface area contributed by atoms with Gasteiger partial charge in [0.15, 0.2) is 5.82 Å². The van der Waals surface area contributed by atoms with E-state index in [0.717, 1.165) is 43.9 Å². The lowest BCUT2D eigenvalue weighted by Gasteiger charge is -2.37. The molecule has 1 saturated heterocycles. The lowest BCUT2D eigenvalue weighted by atomic mass is 10.1. The monoisotopic (exact) mass is 341 g/mol. The molecule has 2 aromatic rings. The van der Waals surface area contributed by atoms with Crippen LogP contribution in [0.1, 0.15) is 47.6 Å². The summed E-state index contributed by atoms with van der Waals surface area (Å²) in [4.78, 5) is 9.06. The minimum absolute atomic E-state index is 0.0528. The minimum atomic E-state index is -0.461. The van der Waals surface area contributed by atoms with Crippen molar-refractivity contribution in [1.82, 2.24) is 19.9 Å². The van der Waals surface area contributed by atoms with Gasteiger partial charge in [-0.3, -0.25) is 9.80 Å². The van der Waals surface area contributed by atoms with Gasteiger partial charge in [0.05, 0.1) is 5.56 Å². The van der Waals surface area contributed by atoms with E-state index >= 15 is 0 Å². The molecule has 4 rings (SSSR count). The molecule has 130 valence electrons. The number of benzene rings is 1. The average molecular weight is 341 g/mol. The van der Waals surface area contributed by atoms with Gasteiger partial charge in [-0.1, -0.05) is 11.2 Å². The lowest BCUT2D eigenvalue weighted by Crippen LogP contribution is -2.46. The summed E-state index contributed by atoms with van der Waals surface area (Å²) >= 11 is 0. The lowest BCUT2D eigenvalue weighted by molar-refractivity contribution is 0.0714. The number of hydrogen-bond donors (Lipinski definition) is 0. The predicted molar refractivity (Wildman–Crippen MR) is 88.0 cm³/mol. The molecule has 0 amide bonds. The number of halogens is 1. The quantitative estimate of drug-likeness (QED) is 0.851. The fraction of sp³-hybridized carbons (Fsp3) is 0.500. The summed E-state index contributed by atoms with van der Waals surface area (Å²) in [6.07, 6.45) is 2.30. The van der Waals surface area contributed by atoms with Crippen LogP contribution in [0.25, 0.3) is 0 Å². The van der Waals surface area contributed by atoms with Gasteiger partial charge in [-0.05, 0) is 37.6 Å². The van der Waals surface area contributed by atoms with Gasteiger partial charge in [-0.15, -0.1) is 0 Å². The van der Waals surface area contributed by atoms with Gasteiger partial charge in [0, 0.05) is 32.1 Å². The number of nitriles is 1. The molecule has 1 atom stereocenters. The molecule has 7 heteroatoms. The highest BCUT2D eigenvalue weighted by Crippen LogP contribution is 2.38. The van der Waals surface area contributed by atoms with Crippen molar-refractivity contribution >= 4 is 0 Å². The van der Waals surface area contributed by atoms with E-state index in [2.05, 4.69) is 27.0 Å². The fourth-order valence-corrected chi connectivity index (χ4v) is 3.24. The average Bonchev–Trinajstić information content (AvgIpc) is 3.34. The van der Waals surface area contributed by atoms with E-state index in [-0.39, 0.29) is 11.6 Å². The third-order valence-electron chi connectivity index (χ3n) is 4.98. The number of likely N-dealkylation sites (N-methyl/N-ethyl adjacent to an activating group) is 1. The van der Waals surface area contributed by atoms with Crippen molar-refractivity contribution in [2.24, 2.45) is 0 Å². The molecular weight excluding hydrogens is 321 g/mol. The van der Waals surface area contributed by atoms with Gasteiger partial charge >= 0.3 is 0 Å². The van der Waals surface area contributed by atoms with Crippen LogP contribution in [0.5, 0.6) is 0 Å². The van der Waals surface area contributed by atoms with Crippen LogP contribution in [-0.4, -0.2) is 46.6 Å². The van der Waals surface area contributed by atoms with Crippen LogP contribution in [0, 0.1) is 17.1 Å². The van der Waals surface area contributed by atoms with E-state index in [0.29, 0.717) is 18.4 Å². The van der Waals surface area contributed by atoms with Crippen molar-refractivity contribution in [2.45, 2.75) is 31.3 Å². The maximum Gasteiger partial charge on any atom is 0.245 e. The Morgan fingerprint density at radius 1 is 1.36 bits per heavy atom. The van der Waals surface area contributed by atoms with Crippen LogP contribution in [0.4, 0.5) is 4.39 Å². The molecule has 0 unspecified atom stereocenters. The van der Waals surface area contributed by atoms with Gasteiger partial charge in [-0.25, -0.2) is 4.39 Å². The minimum Gasteiger partial charge on any atom is -0.338 e. The van der Waals surface area contributed by atoms with Crippen LogP contribution >= 0.6 is 0 Å². The molecule has 1 aliphatic heterocycles. The number of rotatable bonds is 4. The van der Waals surface area contributed by atoms with Crippen molar-refractivity contribution in [3.63, 3.8) is 0 Å². The molecule has 25 heavy (non-hydrogen) atoms. The molecule has 2 heterocycles. The van der Waals surface area contributed by atoms with E-state index in [4.69, 9.17) is 9.78 Å². The zero-order valence-electron chi connectivity index (χ0n) is 14.2. The molecular formula is C18H20FN5O. The standard InChI is InChI=1S/C18H20FN5O/c1-23-6-7-24(10-12-2-3-14(9-20)15(19)8-12)11-16(23)18-21-17(22-25-18)13-4-5-13/h2-3,8,13,16H,4-7,10-11H2,1H3/t16-/m0/s1. The highest BCUT2D eigenvalue weighted by atomic mass is 19.1. The Hall–Kier alpha value is -2.30. The van der Waals surface area contributed by atoms with Crippen molar-refractivity contribution in [3.8, 4) is 6.07 Å². The first-order valence-electron chi connectivity index (χ1n) is 8.58. The van der Waals surface area contributed by atoms with Gasteiger partial charge in [-0.2, -0.15) is 10.2 Å². The van der Waals surface area contributed by atoms with Gasteiger partial charge in [0.25, 0.3) is 0 Å². The normalized spacial score (nSPS) is 22.0. The smallest absolute Gasteiger partial charge is 0.245 e. The summed E-state index contributed by atoms with van der Waals surface area (Å²) in [5.74, 6) is 1.51. The summed E-state index contributed by atoms with van der Waals surface area (Å²) in [6, 6.07) is 6.71. The Balaban J connectivity index is 1.46. The first kappa shape index (κ1) is 16.2. The van der Waals surface area contributed by atoms with Gasteiger partial charge in [0.2, 0.25) is 5.89 Å². The van der Waals surface area contributed by atoms with E-state index in [1.54, 1.807) is 0 Å². The maximum absolute atomic E-state index is 13.8. The molecule has 1 saturated carbocycles. The van der Waals surface area contributed by atoms with Crippen molar-refractivity contribution in [3.05, 3.63) is 46.9 Å². The molecule has 2 fully saturated rings. The zero-order valence-corrected chi connectivity index (χ0v) is 14.2. The van der Waals surface area contributed by atoms with Crippen molar-refractivity contribution in [1.29, 1.82) is 5.26 Å². The summed E-state index contributed by atoms with van der Waals surface area (Å²) in [7, 11) is 2.06. The number of aromatic nitrogens is 2. The van der Waals surface area contributed by atoms with Crippen LogP contribution < -0.4 is 0 Å². The summed E-state index contributed by atoms with van der Waals surface area (Å²) < 4.78 is 19.3. The largest absolute Gasteiger partial charge is 0.338 e. The van der Waals surface area contributed by atoms with Crippen LogP contribution in [0.3, 0.4) is 0 Å². The second-order valence-electron chi connectivity index (χ2n) is 6.92. The van der Waals surface area contributed by atoms with Crippen LogP contribution in [0.15, 0.2) is 22.7 Å². The first-order chi connectivity index (χ1) is 12.1. The topological polar surface area (TPSA) is 69.2 Å². The highest BCUT2D eigenvalue weighted by Gasteiger charge is 2.33. The predicted octanol–water partition coefficient (Wildman–Crippen LogP) is 2.45. The number of nitrogens with zero attached hydrogens (tertiary/aromatic N) is 5. The molecule has 1 aromatic carbocycles. The third-order valence-corrected chi connectivity index (χ3v) is 4.98. The number of piperazine rings is 1. The Morgan fingerprint density at radius 2 is 2.20 bits per heavy atom. The van der Waals surface area contributed by atoms with E-state index < -0.39 is 5.82 Å². The molecule has 6 nitrogen and oxygen atoms in total. The van der Waals surface area contributed by atoms with Gasteiger partial charge in [0.1, 0.15) is 17.9 Å². The molecule has 0 bridgehead atoms. The Morgan fingerprint density at radius 3 is 2.92 bits per heavy atom. The Labute approximate surface area is 145 Å². The van der Waals surface area contributed by atoms with Crippen LogP contribution in [-0.2, 0) is 6.54 Å². The molecule has 1 aromatic heterocycles. The van der Waals surface area contributed by atoms with Crippen molar-refractivity contribution in [2.75, 3.05) is 26.7 Å².